The summed E-state index contributed by atoms with van der Waals surface area (Å²) in [7, 11) is 0. The number of benzene rings is 1. The molecule has 1 aromatic carbocycles. The van der Waals surface area contributed by atoms with E-state index in [-0.39, 0.29) is 23.9 Å². The standard InChI is InChI=1S/C21H24N2O3S/c1-2-26-16-7-5-14(6-8-16)12-20(24)23-13-15-10-17(18(23)11-15)22-21(25)19-4-3-9-27-19/h3-9,15,17-18H,2,10-13H2,1H3,(H,22,25)/t15-,17+,18-/m1/s1. The monoisotopic (exact) mass is 384 g/mol. The predicted molar refractivity (Wildman–Crippen MR) is 105 cm³/mol. The van der Waals surface area contributed by atoms with Crippen molar-refractivity contribution in [2.45, 2.75) is 38.3 Å². The molecule has 2 heterocycles. The lowest BCUT2D eigenvalue weighted by Gasteiger charge is -2.33. The van der Waals surface area contributed by atoms with Gasteiger partial charge in [0.05, 0.1) is 23.9 Å². The van der Waals surface area contributed by atoms with Gasteiger partial charge in [0.25, 0.3) is 5.91 Å². The lowest BCUT2D eigenvalue weighted by molar-refractivity contribution is -0.132. The number of carbonyl (C=O) groups excluding carboxylic acids is 2. The van der Waals surface area contributed by atoms with Crippen LogP contribution in [0.4, 0.5) is 0 Å². The molecule has 27 heavy (non-hydrogen) atoms. The number of amides is 2. The Balaban J connectivity index is 1.37. The van der Waals surface area contributed by atoms with Gasteiger partial charge in [-0.2, -0.15) is 0 Å². The van der Waals surface area contributed by atoms with E-state index in [9.17, 15) is 9.59 Å². The van der Waals surface area contributed by atoms with Crippen LogP contribution in [0.2, 0.25) is 0 Å². The number of nitrogens with zero attached hydrogens (tertiary/aromatic N) is 1. The zero-order chi connectivity index (χ0) is 18.8. The molecule has 2 amide bonds. The average molecular weight is 385 g/mol. The first-order valence-electron chi connectivity index (χ1n) is 9.49. The van der Waals surface area contributed by atoms with Gasteiger partial charge in [0.15, 0.2) is 0 Å². The first kappa shape index (κ1) is 18.0. The molecular formula is C21H24N2O3S. The van der Waals surface area contributed by atoms with E-state index in [1.54, 1.807) is 0 Å². The normalized spacial score (nSPS) is 23.4. The molecule has 2 fully saturated rings. The van der Waals surface area contributed by atoms with Gasteiger partial charge in [0, 0.05) is 12.6 Å². The highest BCUT2D eigenvalue weighted by molar-refractivity contribution is 7.12. The Morgan fingerprint density at radius 2 is 2.04 bits per heavy atom. The van der Waals surface area contributed by atoms with E-state index >= 15 is 0 Å². The number of thiophene rings is 1. The molecule has 3 atom stereocenters. The Bertz CT molecular complexity index is 803. The third-order valence-corrected chi connectivity index (χ3v) is 6.32. The summed E-state index contributed by atoms with van der Waals surface area (Å²) in [4.78, 5) is 27.9. The minimum Gasteiger partial charge on any atom is -0.494 e. The minimum absolute atomic E-state index is 0.0264. The third kappa shape index (κ3) is 3.86. The van der Waals surface area contributed by atoms with Gasteiger partial charge >= 0.3 is 0 Å². The van der Waals surface area contributed by atoms with Crippen LogP contribution in [0.5, 0.6) is 5.75 Å². The molecule has 1 aliphatic carbocycles. The fourth-order valence-corrected chi connectivity index (χ4v) is 4.89. The zero-order valence-corrected chi connectivity index (χ0v) is 16.2. The smallest absolute Gasteiger partial charge is 0.261 e. The second kappa shape index (κ2) is 7.72. The maximum atomic E-state index is 12.9. The molecule has 5 nitrogen and oxygen atoms in total. The molecule has 0 unspecified atom stereocenters. The van der Waals surface area contributed by atoms with Gasteiger partial charge in [0.2, 0.25) is 5.91 Å². The Labute approximate surface area is 163 Å². The van der Waals surface area contributed by atoms with Crippen molar-refractivity contribution in [2.24, 2.45) is 5.92 Å². The Morgan fingerprint density at radius 1 is 1.22 bits per heavy atom. The quantitative estimate of drug-likeness (QED) is 0.833. The molecule has 2 aliphatic rings. The number of fused-ring (bicyclic) bond motifs is 2. The number of carbonyl (C=O) groups is 2. The Hall–Kier alpha value is -2.34. The molecule has 1 aliphatic heterocycles. The van der Waals surface area contributed by atoms with Crippen LogP contribution in [-0.2, 0) is 11.2 Å². The second-order valence-electron chi connectivity index (χ2n) is 7.26. The lowest BCUT2D eigenvalue weighted by Crippen LogP contribution is -2.52. The van der Waals surface area contributed by atoms with Gasteiger partial charge in [-0.3, -0.25) is 9.59 Å². The zero-order valence-electron chi connectivity index (χ0n) is 15.4. The topological polar surface area (TPSA) is 58.6 Å². The molecule has 1 saturated carbocycles. The van der Waals surface area contributed by atoms with Crippen LogP contribution in [0.3, 0.4) is 0 Å². The van der Waals surface area contributed by atoms with Gasteiger partial charge in [-0.25, -0.2) is 0 Å². The molecule has 1 N–H and O–H groups in total. The van der Waals surface area contributed by atoms with Crippen LogP contribution >= 0.6 is 11.3 Å². The minimum atomic E-state index is -0.0264. The van der Waals surface area contributed by atoms with Crippen LogP contribution in [0.1, 0.15) is 35.0 Å². The van der Waals surface area contributed by atoms with Crippen molar-refractivity contribution >= 4 is 23.2 Å². The van der Waals surface area contributed by atoms with Crippen molar-refractivity contribution in [1.82, 2.24) is 10.2 Å². The number of ether oxygens (including phenoxy) is 1. The van der Waals surface area contributed by atoms with E-state index in [1.165, 1.54) is 11.3 Å². The van der Waals surface area contributed by atoms with Crippen LogP contribution in [0.15, 0.2) is 41.8 Å². The first-order chi connectivity index (χ1) is 13.1. The molecular weight excluding hydrogens is 360 g/mol. The lowest BCUT2D eigenvalue weighted by atomic mass is 10.0. The molecule has 0 radical (unpaired) electrons. The summed E-state index contributed by atoms with van der Waals surface area (Å²) in [6, 6.07) is 11.6. The largest absolute Gasteiger partial charge is 0.494 e. The first-order valence-corrected chi connectivity index (χ1v) is 10.4. The summed E-state index contributed by atoms with van der Waals surface area (Å²) in [5, 5.41) is 5.05. The number of piperidine rings is 1. The summed E-state index contributed by atoms with van der Waals surface area (Å²) in [6.07, 6.45) is 2.35. The molecule has 142 valence electrons. The van der Waals surface area contributed by atoms with Crippen molar-refractivity contribution in [1.29, 1.82) is 0 Å². The van der Waals surface area contributed by atoms with E-state index in [0.717, 1.165) is 35.6 Å². The van der Waals surface area contributed by atoms with Crippen LogP contribution in [0.25, 0.3) is 0 Å². The number of nitrogens with one attached hydrogen (secondary N) is 1. The fraction of sp³-hybridized carbons (Fsp3) is 0.429. The fourth-order valence-electron chi connectivity index (χ4n) is 4.26. The summed E-state index contributed by atoms with van der Waals surface area (Å²) >= 11 is 1.45. The average Bonchev–Trinajstić information content (AvgIpc) is 3.40. The van der Waals surface area contributed by atoms with Crippen molar-refractivity contribution < 1.29 is 14.3 Å². The number of likely N-dealkylation sites (tertiary alicyclic amines) is 1. The molecule has 6 heteroatoms. The van der Waals surface area contributed by atoms with Crippen LogP contribution in [-0.4, -0.2) is 41.9 Å². The van der Waals surface area contributed by atoms with Gasteiger partial charge in [-0.15, -0.1) is 11.3 Å². The van der Waals surface area contributed by atoms with Gasteiger partial charge < -0.3 is 15.0 Å². The van der Waals surface area contributed by atoms with Gasteiger partial charge in [-0.05, 0) is 54.8 Å². The molecule has 0 spiro atoms. The van der Waals surface area contributed by atoms with Crippen molar-refractivity contribution in [3.05, 3.63) is 52.2 Å². The van der Waals surface area contributed by atoms with E-state index < -0.39 is 0 Å². The second-order valence-corrected chi connectivity index (χ2v) is 8.21. The number of hydrogen-bond donors (Lipinski definition) is 1. The van der Waals surface area contributed by atoms with E-state index in [0.29, 0.717) is 18.9 Å². The number of hydrogen-bond acceptors (Lipinski definition) is 4. The highest BCUT2D eigenvalue weighted by Gasteiger charge is 2.47. The molecule has 1 aromatic heterocycles. The SMILES string of the molecule is CCOc1ccc(CC(=O)N2C[C@@H]3C[C@H](NC(=O)c4cccs4)[C@H]2C3)cc1. The summed E-state index contributed by atoms with van der Waals surface area (Å²) in [6.45, 7) is 3.40. The highest BCUT2D eigenvalue weighted by atomic mass is 32.1. The maximum Gasteiger partial charge on any atom is 0.261 e. The summed E-state index contributed by atoms with van der Waals surface area (Å²) < 4.78 is 5.45. The molecule has 2 bridgehead atoms. The van der Waals surface area contributed by atoms with Crippen molar-refractivity contribution in [3.63, 3.8) is 0 Å². The van der Waals surface area contributed by atoms with E-state index in [4.69, 9.17) is 4.74 Å². The summed E-state index contributed by atoms with van der Waals surface area (Å²) in [5.41, 5.74) is 0.991. The molecule has 4 rings (SSSR count). The summed E-state index contributed by atoms with van der Waals surface area (Å²) in [5.74, 6) is 1.43. The van der Waals surface area contributed by atoms with Gasteiger partial charge in [0.1, 0.15) is 5.75 Å². The highest BCUT2D eigenvalue weighted by Crippen LogP contribution is 2.38. The Morgan fingerprint density at radius 3 is 2.70 bits per heavy atom. The van der Waals surface area contributed by atoms with Crippen molar-refractivity contribution in [3.8, 4) is 5.75 Å². The molecule has 1 saturated heterocycles. The maximum absolute atomic E-state index is 12.9. The Kier molecular flexibility index (Phi) is 5.16. The molecule has 2 aromatic rings. The predicted octanol–water partition coefficient (Wildman–Crippen LogP) is 3.11. The van der Waals surface area contributed by atoms with Gasteiger partial charge in [-0.1, -0.05) is 18.2 Å². The van der Waals surface area contributed by atoms with Crippen LogP contribution in [0, 0.1) is 5.92 Å². The third-order valence-electron chi connectivity index (χ3n) is 5.45. The van der Waals surface area contributed by atoms with E-state index in [2.05, 4.69) is 5.32 Å². The van der Waals surface area contributed by atoms with Crippen molar-refractivity contribution in [2.75, 3.05) is 13.2 Å². The van der Waals surface area contributed by atoms with Crippen LogP contribution < -0.4 is 10.1 Å². The van der Waals surface area contributed by atoms with E-state index in [1.807, 2.05) is 53.6 Å². The number of rotatable bonds is 6.